The predicted octanol–water partition coefficient (Wildman–Crippen LogP) is 2.89. The highest BCUT2D eigenvalue weighted by Crippen LogP contribution is 2.60. The Bertz CT molecular complexity index is 1610. The number of rotatable bonds is 10. The van der Waals surface area contributed by atoms with E-state index in [0.29, 0.717) is 49.3 Å². The number of nitro groups is 1. The molecule has 2 amide bonds. The molecule has 2 N–H and O–H groups in total. The molecular weight excluding hydrogens is 584 g/mol. The maximum Gasteiger partial charge on any atom is 0.269 e. The molecule has 0 saturated carbocycles. The quantitative estimate of drug-likeness (QED) is 0.150. The van der Waals surface area contributed by atoms with Gasteiger partial charge in [-0.1, -0.05) is 24.3 Å². The molecule has 3 aliphatic rings. The zero-order valence-corrected chi connectivity index (χ0v) is 25.9. The summed E-state index contributed by atoms with van der Waals surface area (Å²) in [6.45, 7) is 6.82. The average molecular weight is 621 g/mol. The van der Waals surface area contributed by atoms with Crippen LogP contribution in [0.4, 0.5) is 17.1 Å². The number of carbonyl (C=O) groups is 2. The first-order valence-electron chi connectivity index (χ1n) is 14.8. The minimum Gasteiger partial charge on any atom is -0.432 e. The van der Waals surface area contributed by atoms with Gasteiger partial charge in [-0.2, -0.15) is 0 Å². The van der Waals surface area contributed by atoms with E-state index in [-0.39, 0.29) is 36.2 Å². The lowest BCUT2D eigenvalue weighted by Crippen LogP contribution is -2.46. The molecule has 232 valence electrons. The summed E-state index contributed by atoms with van der Waals surface area (Å²) in [4.78, 5) is 52.7. The standard InChI is InChI=1S/C30H36N6O7Si/c1-19-28(44(2,3)42)26(10-13-33-18-21(12-15-37)31-32-33)43-30(19)24-16-23(36(40)41)8-9-25(24)35(29(30)39)17-20-4-6-22(7-5-20)34-14-11-27(34)38/h4-9,16,18-19,26,28,37,42H,10-15,17H2,1-3H3/t19-,26+,28-,30+/m1/s1. The maximum absolute atomic E-state index is 14.6. The van der Waals surface area contributed by atoms with E-state index in [0.717, 1.165) is 11.3 Å². The summed E-state index contributed by atoms with van der Waals surface area (Å²) in [5.41, 5.74) is 1.25. The fraction of sp³-hybridized carbons (Fsp3) is 0.467. The van der Waals surface area contributed by atoms with Gasteiger partial charge in [0.1, 0.15) is 0 Å². The molecule has 1 spiro atoms. The number of aryl methyl sites for hydroxylation is 1. The summed E-state index contributed by atoms with van der Waals surface area (Å²) in [7, 11) is -2.93. The van der Waals surface area contributed by atoms with Gasteiger partial charge >= 0.3 is 0 Å². The van der Waals surface area contributed by atoms with Gasteiger partial charge in [-0.05, 0) is 43.3 Å². The number of ether oxygens (including phenoxy) is 1. The Morgan fingerprint density at radius 3 is 2.55 bits per heavy atom. The average Bonchev–Trinajstić information content (AvgIpc) is 3.62. The van der Waals surface area contributed by atoms with E-state index in [9.17, 15) is 29.6 Å². The van der Waals surface area contributed by atoms with Gasteiger partial charge in [0, 0.05) is 73.6 Å². The van der Waals surface area contributed by atoms with Crippen LogP contribution in [-0.2, 0) is 39.4 Å². The number of amides is 2. The van der Waals surface area contributed by atoms with Gasteiger partial charge in [0.05, 0.1) is 29.0 Å². The molecule has 44 heavy (non-hydrogen) atoms. The van der Waals surface area contributed by atoms with Crippen molar-refractivity contribution >= 4 is 37.2 Å². The molecule has 2 aromatic carbocycles. The molecule has 2 fully saturated rings. The van der Waals surface area contributed by atoms with Gasteiger partial charge in [-0.15, -0.1) is 5.10 Å². The van der Waals surface area contributed by atoms with Crippen molar-refractivity contribution in [3.63, 3.8) is 0 Å². The molecule has 0 aliphatic carbocycles. The van der Waals surface area contributed by atoms with Crippen LogP contribution in [0.1, 0.15) is 36.6 Å². The van der Waals surface area contributed by atoms with Crippen LogP contribution in [0.2, 0.25) is 18.6 Å². The van der Waals surface area contributed by atoms with E-state index in [1.807, 2.05) is 44.3 Å². The van der Waals surface area contributed by atoms with Gasteiger partial charge < -0.3 is 24.4 Å². The Balaban J connectivity index is 1.34. The lowest BCUT2D eigenvalue weighted by atomic mass is 9.82. The topological polar surface area (TPSA) is 164 Å². The Labute approximate surface area is 255 Å². The number of nitro benzene ring substituents is 1. The fourth-order valence-electron chi connectivity index (χ4n) is 7.09. The highest BCUT2D eigenvalue weighted by atomic mass is 28.4. The van der Waals surface area contributed by atoms with Crippen molar-refractivity contribution in [3.8, 4) is 0 Å². The number of β-lactam (4-membered cyclic amide) rings is 1. The van der Waals surface area contributed by atoms with E-state index in [2.05, 4.69) is 10.3 Å². The van der Waals surface area contributed by atoms with Crippen LogP contribution in [-0.4, -0.2) is 69.2 Å². The Kier molecular flexibility index (Phi) is 7.64. The lowest BCUT2D eigenvalue weighted by Gasteiger charge is -2.32. The van der Waals surface area contributed by atoms with Gasteiger partial charge in [-0.3, -0.25) is 24.4 Å². The van der Waals surface area contributed by atoms with Crippen LogP contribution < -0.4 is 9.80 Å². The SMILES string of the molecule is C[C@@H]1[C@@H]([Si](C)(C)O)[C@H](CCn2cc(CCO)nn2)O[C@@]12C(=O)N(Cc1ccc(N3CCC3=O)cc1)c1ccc([N+](=O)[O-])cc12. The third-order valence-electron chi connectivity index (χ3n) is 9.21. The van der Waals surface area contributed by atoms with Crippen LogP contribution in [0.25, 0.3) is 0 Å². The molecule has 0 unspecified atom stereocenters. The number of non-ortho nitro benzene ring substituents is 1. The Morgan fingerprint density at radius 1 is 1.18 bits per heavy atom. The highest BCUT2D eigenvalue weighted by Gasteiger charge is 2.66. The summed E-state index contributed by atoms with van der Waals surface area (Å²) < 4.78 is 8.44. The van der Waals surface area contributed by atoms with Crippen molar-refractivity contribution in [3.05, 3.63) is 75.6 Å². The van der Waals surface area contributed by atoms with Crippen LogP contribution in [0.5, 0.6) is 0 Å². The molecule has 0 radical (unpaired) electrons. The van der Waals surface area contributed by atoms with E-state index in [4.69, 9.17) is 4.74 Å². The highest BCUT2D eigenvalue weighted by molar-refractivity contribution is 6.71. The predicted molar refractivity (Wildman–Crippen MR) is 162 cm³/mol. The molecule has 1 aromatic heterocycles. The molecule has 13 nitrogen and oxygen atoms in total. The normalized spacial score (nSPS) is 24.7. The number of aliphatic hydroxyl groups is 1. The van der Waals surface area contributed by atoms with Crippen LogP contribution in [0.3, 0.4) is 0 Å². The van der Waals surface area contributed by atoms with Crippen molar-refractivity contribution < 1.29 is 29.2 Å². The summed E-state index contributed by atoms with van der Waals surface area (Å²) >= 11 is 0. The first kappa shape index (κ1) is 30.1. The Hall–Kier alpha value is -3.98. The van der Waals surface area contributed by atoms with E-state index >= 15 is 0 Å². The number of benzene rings is 2. The zero-order valence-electron chi connectivity index (χ0n) is 24.9. The second-order valence-corrected chi connectivity index (χ2v) is 16.4. The molecule has 4 atom stereocenters. The smallest absolute Gasteiger partial charge is 0.269 e. The number of aliphatic hydroxyl groups excluding tert-OH is 1. The van der Waals surface area contributed by atoms with Crippen LogP contribution in [0, 0.1) is 16.0 Å². The largest absolute Gasteiger partial charge is 0.432 e. The number of hydrogen-bond donors (Lipinski definition) is 2. The Morgan fingerprint density at radius 2 is 1.93 bits per heavy atom. The number of fused-ring (bicyclic) bond motifs is 2. The maximum atomic E-state index is 14.6. The van der Waals surface area contributed by atoms with E-state index in [1.54, 1.807) is 26.7 Å². The second kappa shape index (κ2) is 11.2. The first-order chi connectivity index (χ1) is 20.9. The molecule has 0 bridgehead atoms. The zero-order chi connectivity index (χ0) is 31.4. The fourth-order valence-corrected chi connectivity index (χ4v) is 9.70. The third kappa shape index (κ3) is 5.01. The number of aromatic nitrogens is 3. The molecule has 3 aromatic rings. The summed E-state index contributed by atoms with van der Waals surface area (Å²) in [5.74, 6) is -0.719. The van der Waals surface area contributed by atoms with Crippen LogP contribution in [0.15, 0.2) is 48.7 Å². The lowest BCUT2D eigenvalue weighted by molar-refractivity contribution is -0.385. The second-order valence-electron chi connectivity index (χ2n) is 12.4. The molecule has 6 rings (SSSR count). The van der Waals surface area contributed by atoms with Gasteiger partial charge in [0.2, 0.25) is 5.91 Å². The number of hydrogen-bond acceptors (Lipinski definition) is 9. The molecular formula is C30H36N6O7Si. The molecule has 3 aliphatic heterocycles. The first-order valence-corrected chi connectivity index (χ1v) is 17.9. The van der Waals surface area contributed by atoms with Gasteiger partial charge in [0.25, 0.3) is 11.6 Å². The third-order valence-corrected chi connectivity index (χ3v) is 11.7. The van der Waals surface area contributed by atoms with Crippen molar-refractivity contribution in [2.75, 3.05) is 23.0 Å². The van der Waals surface area contributed by atoms with Gasteiger partial charge in [0.15, 0.2) is 13.9 Å². The summed E-state index contributed by atoms with van der Waals surface area (Å²) in [5, 5.41) is 29.3. The van der Waals surface area contributed by atoms with Crippen molar-refractivity contribution in [1.82, 2.24) is 15.0 Å². The van der Waals surface area contributed by atoms with E-state index in [1.165, 1.54) is 12.1 Å². The number of anilines is 2. The van der Waals surface area contributed by atoms with Crippen molar-refractivity contribution in [2.24, 2.45) is 5.92 Å². The van der Waals surface area contributed by atoms with Crippen molar-refractivity contribution in [1.29, 1.82) is 0 Å². The summed E-state index contributed by atoms with van der Waals surface area (Å²) in [6, 6.07) is 11.9. The van der Waals surface area contributed by atoms with Crippen molar-refractivity contribution in [2.45, 2.75) is 69.6 Å². The molecule has 2 saturated heterocycles. The molecule has 4 heterocycles. The minimum atomic E-state index is -2.93. The van der Waals surface area contributed by atoms with E-state index < -0.39 is 30.9 Å². The molecule has 14 heteroatoms. The summed E-state index contributed by atoms with van der Waals surface area (Å²) in [6.07, 6.45) is 2.59. The minimum absolute atomic E-state index is 0.0384. The number of carbonyl (C=O) groups excluding carboxylic acids is 2. The number of nitrogens with zero attached hydrogens (tertiary/aromatic N) is 6. The monoisotopic (exact) mass is 620 g/mol. The van der Waals surface area contributed by atoms with Crippen LogP contribution >= 0.6 is 0 Å². The van der Waals surface area contributed by atoms with Gasteiger partial charge in [-0.25, -0.2) is 0 Å².